The maximum atomic E-state index is 12.5. The second-order valence-corrected chi connectivity index (χ2v) is 7.87. The Hall–Kier alpha value is -2.17. The van der Waals surface area contributed by atoms with Gasteiger partial charge in [0, 0.05) is 25.2 Å². The number of hydrogen-bond donors (Lipinski definition) is 1. The van der Waals surface area contributed by atoms with E-state index in [9.17, 15) is 4.79 Å². The number of fused-ring (bicyclic) bond motifs is 1. The number of rotatable bonds is 7. The molecule has 1 unspecified atom stereocenters. The van der Waals surface area contributed by atoms with Gasteiger partial charge in [-0.3, -0.25) is 4.79 Å². The number of benzene rings is 2. The third-order valence-corrected chi connectivity index (χ3v) is 5.77. The third-order valence-electron chi connectivity index (χ3n) is 5.77. The fourth-order valence-corrected chi connectivity index (χ4v) is 4.21. The largest absolute Gasteiger partial charge is 0.376 e. The molecular formula is C24H30N2O2. The predicted octanol–water partition coefficient (Wildman–Crippen LogP) is 3.87. The van der Waals surface area contributed by atoms with Gasteiger partial charge in [0.1, 0.15) is 0 Å². The number of nitrogens with zero attached hydrogens (tertiary/aromatic N) is 1. The van der Waals surface area contributed by atoms with Crippen molar-refractivity contribution in [3.63, 3.8) is 0 Å². The minimum Gasteiger partial charge on any atom is -0.376 e. The molecule has 4 nitrogen and oxygen atoms in total. The maximum absolute atomic E-state index is 12.5. The van der Waals surface area contributed by atoms with E-state index in [1.807, 2.05) is 23.1 Å². The Morgan fingerprint density at radius 2 is 1.93 bits per heavy atom. The topological polar surface area (TPSA) is 41.6 Å². The van der Waals surface area contributed by atoms with Crippen LogP contribution in [0.1, 0.15) is 42.4 Å². The van der Waals surface area contributed by atoms with Gasteiger partial charge in [-0.15, -0.1) is 0 Å². The summed E-state index contributed by atoms with van der Waals surface area (Å²) in [4.78, 5) is 14.5. The van der Waals surface area contributed by atoms with Crippen LogP contribution in [0.5, 0.6) is 0 Å². The quantitative estimate of drug-likeness (QED) is 0.744. The van der Waals surface area contributed by atoms with Crippen molar-refractivity contribution in [2.45, 2.75) is 51.2 Å². The number of aryl methyl sites for hydroxylation is 2. The van der Waals surface area contributed by atoms with E-state index in [2.05, 4.69) is 35.6 Å². The molecule has 148 valence electrons. The van der Waals surface area contributed by atoms with Crippen molar-refractivity contribution >= 4 is 11.6 Å². The molecule has 0 radical (unpaired) electrons. The van der Waals surface area contributed by atoms with Gasteiger partial charge < -0.3 is 15.0 Å². The average molecular weight is 379 g/mol. The van der Waals surface area contributed by atoms with Crippen LogP contribution in [-0.4, -0.2) is 31.7 Å². The summed E-state index contributed by atoms with van der Waals surface area (Å²) in [6, 6.07) is 16.9. The lowest BCUT2D eigenvalue weighted by Crippen LogP contribution is -2.38. The molecule has 2 aromatic carbocycles. The Labute approximate surface area is 167 Å². The van der Waals surface area contributed by atoms with Gasteiger partial charge >= 0.3 is 0 Å². The van der Waals surface area contributed by atoms with Crippen LogP contribution in [0.25, 0.3) is 0 Å². The van der Waals surface area contributed by atoms with E-state index >= 15 is 0 Å². The number of amides is 1. The van der Waals surface area contributed by atoms with Crippen molar-refractivity contribution in [2.75, 3.05) is 24.6 Å². The minimum absolute atomic E-state index is 0.227. The molecule has 0 saturated carbocycles. The third kappa shape index (κ3) is 4.81. The molecule has 1 saturated heterocycles. The average Bonchev–Trinajstić information content (AvgIpc) is 2.75. The highest BCUT2D eigenvalue weighted by atomic mass is 16.5. The van der Waals surface area contributed by atoms with Crippen LogP contribution in [0.15, 0.2) is 48.5 Å². The number of unbranched alkanes of at least 4 members (excludes halogenated alkanes) is 1. The van der Waals surface area contributed by atoms with Crippen molar-refractivity contribution in [3.8, 4) is 0 Å². The van der Waals surface area contributed by atoms with Crippen LogP contribution < -0.4 is 10.2 Å². The lowest BCUT2D eigenvalue weighted by Gasteiger charge is -2.30. The van der Waals surface area contributed by atoms with Gasteiger partial charge in [0.25, 0.3) is 0 Å². The molecular weight excluding hydrogens is 348 g/mol. The zero-order valence-corrected chi connectivity index (χ0v) is 16.5. The summed E-state index contributed by atoms with van der Waals surface area (Å²) in [6.45, 7) is 3.47. The standard InChI is InChI=1S/C24H30N2O2/c27-24-13-11-21-16-19(6-4-5-9-22-17-25-14-15-28-22)10-12-23(21)26(24)18-20-7-2-1-3-8-20/h1-3,7-8,10,12,16,22,25H,4-6,9,11,13-15,17-18H2. The van der Waals surface area contributed by atoms with Crippen LogP contribution in [0.2, 0.25) is 0 Å². The summed E-state index contributed by atoms with van der Waals surface area (Å²) in [7, 11) is 0. The number of hydrogen-bond acceptors (Lipinski definition) is 3. The molecule has 28 heavy (non-hydrogen) atoms. The molecule has 0 aromatic heterocycles. The molecule has 1 N–H and O–H groups in total. The van der Waals surface area contributed by atoms with E-state index in [0.717, 1.165) is 44.6 Å². The van der Waals surface area contributed by atoms with Gasteiger partial charge in [-0.2, -0.15) is 0 Å². The zero-order valence-electron chi connectivity index (χ0n) is 16.5. The number of carbonyl (C=O) groups excluding carboxylic acids is 1. The Balaban J connectivity index is 1.35. The first-order chi connectivity index (χ1) is 13.8. The highest BCUT2D eigenvalue weighted by Crippen LogP contribution is 2.30. The van der Waals surface area contributed by atoms with E-state index < -0.39 is 0 Å². The number of carbonyl (C=O) groups is 1. The first-order valence-electron chi connectivity index (χ1n) is 10.6. The molecule has 2 aliphatic heterocycles. The predicted molar refractivity (Wildman–Crippen MR) is 113 cm³/mol. The second-order valence-electron chi connectivity index (χ2n) is 7.87. The first kappa shape index (κ1) is 19.2. The van der Waals surface area contributed by atoms with Gasteiger partial charge in [-0.1, -0.05) is 48.9 Å². The monoisotopic (exact) mass is 378 g/mol. The highest BCUT2D eigenvalue weighted by Gasteiger charge is 2.24. The SMILES string of the molecule is O=C1CCc2cc(CCCCC3CNCCO3)ccc2N1Cc1ccccc1. The summed E-state index contributed by atoms with van der Waals surface area (Å²) in [5.41, 5.74) is 4.96. The molecule has 1 amide bonds. The Morgan fingerprint density at radius 1 is 1.04 bits per heavy atom. The normalized spacial score (nSPS) is 19.5. The minimum atomic E-state index is 0.227. The lowest BCUT2D eigenvalue weighted by molar-refractivity contribution is -0.119. The van der Waals surface area contributed by atoms with Gasteiger partial charge in [0.05, 0.1) is 19.3 Å². The van der Waals surface area contributed by atoms with Crippen molar-refractivity contribution < 1.29 is 9.53 Å². The number of morpholine rings is 1. The second kappa shape index (κ2) is 9.35. The van der Waals surface area contributed by atoms with Gasteiger partial charge in [-0.05, 0) is 48.4 Å². The fourth-order valence-electron chi connectivity index (χ4n) is 4.21. The van der Waals surface area contributed by atoms with E-state index in [-0.39, 0.29) is 5.91 Å². The fraction of sp³-hybridized carbons (Fsp3) is 0.458. The number of nitrogens with one attached hydrogen (secondary N) is 1. The Kier molecular flexibility index (Phi) is 6.40. The highest BCUT2D eigenvalue weighted by molar-refractivity contribution is 5.96. The van der Waals surface area contributed by atoms with E-state index in [1.54, 1.807) is 0 Å². The van der Waals surface area contributed by atoms with Crippen molar-refractivity contribution in [1.82, 2.24) is 5.32 Å². The smallest absolute Gasteiger partial charge is 0.227 e. The summed E-state index contributed by atoms with van der Waals surface area (Å²) < 4.78 is 5.78. The van der Waals surface area contributed by atoms with Crippen molar-refractivity contribution in [3.05, 3.63) is 65.2 Å². The molecule has 0 spiro atoms. The van der Waals surface area contributed by atoms with Gasteiger partial charge in [0.15, 0.2) is 0 Å². The molecule has 1 atom stereocenters. The van der Waals surface area contributed by atoms with Crippen LogP contribution >= 0.6 is 0 Å². The van der Waals surface area contributed by atoms with Gasteiger partial charge in [0.2, 0.25) is 5.91 Å². The molecule has 4 heteroatoms. The summed E-state index contributed by atoms with van der Waals surface area (Å²) in [6.07, 6.45) is 6.46. The summed E-state index contributed by atoms with van der Waals surface area (Å²) in [5.74, 6) is 0.227. The van der Waals surface area contributed by atoms with Crippen LogP contribution in [0, 0.1) is 0 Å². The molecule has 0 aliphatic carbocycles. The molecule has 2 aliphatic rings. The lowest BCUT2D eigenvalue weighted by atomic mass is 9.96. The van der Waals surface area contributed by atoms with Crippen LogP contribution in [0.3, 0.4) is 0 Å². The zero-order chi connectivity index (χ0) is 19.2. The Bertz CT molecular complexity index is 784. The van der Waals surface area contributed by atoms with Crippen molar-refractivity contribution in [1.29, 1.82) is 0 Å². The van der Waals surface area contributed by atoms with E-state index in [4.69, 9.17) is 4.74 Å². The number of anilines is 1. The summed E-state index contributed by atoms with van der Waals surface area (Å²) >= 11 is 0. The van der Waals surface area contributed by atoms with E-state index in [1.165, 1.54) is 29.5 Å². The molecule has 1 fully saturated rings. The van der Waals surface area contributed by atoms with Gasteiger partial charge in [-0.25, -0.2) is 0 Å². The molecule has 0 bridgehead atoms. The maximum Gasteiger partial charge on any atom is 0.227 e. The molecule has 2 aromatic rings. The Morgan fingerprint density at radius 3 is 2.75 bits per heavy atom. The van der Waals surface area contributed by atoms with Crippen molar-refractivity contribution in [2.24, 2.45) is 0 Å². The molecule has 4 rings (SSSR count). The van der Waals surface area contributed by atoms with E-state index in [0.29, 0.717) is 19.1 Å². The summed E-state index contributed by atoms with van der Waals surface area (Å²) in [5, 5.41) is 3.40. The van der Waals surface area contributed by atoms with Crippen LogP contribution in [0.4, 0.5) is 5.69 Å². The molecule has 2 heterocycles. The first-order valence-corrected chi connectivity index (χ1v) is 10.6. The number of ether oxygens (including phenoxy) is 1. The van der Waals surface area contributed by atoms with Crippen LogP contribution in [-0.2, 0) is 28.9 Å².